The first-order valence-corrected chi connectivity index (χ1v) is 5.83. The van der Waals surface area contributed by atoms with Gasteiger partial charge in [0.05, 0.1) is 0 Å². The molecule has 0 radical (unpaired) electrons. The van der Waals surface area contributed by atoms with Crippen LogP contribution < -0.4 is 5.73 Å². The maximum Gasteiger partial charge on any atom is 0.324 e. The van der Waals surface area contributed by atoms with E-state index in [1.165, 1.54) is 0 Å². The van der Waals surface area contributed by atoms with Gasteiger partial charge in [-0.1, -0.05) is 28.1 Å². The van der Waals surface area contributed by atoms with Gasteiger partial charge in [0, 0.05) is 10.2 Å². The molecule has 0 spiro atoms. The van der Waals surface area contributed by atoms with E-state index in [0.29, 0.717) is 0 Å². The van der Waals surface area contributed by atoms with Gasteiger partial charge < -0.3 is 10.5 Å². The van der Waals surface area contributed by atoms with E-state index in [4.69, 9.17) is 10.5 Å². The summed E-state index contributed by atoms with van der Waals surface area (Å²) in [5, 5.41) is 0. The molecule has 0 unspecified atom stereocenters. The van der Waals surface area contributed by atoms with E-state index in [1.54, 1.807) is 0 Å². The smallest absolute Gasteiger partial charge is 0.324 e. The first-order chi connectivity index (χ1) is 7.13. The van der Waals surface area contributed by atoms with Crippen LogP contribution in [0.15, 0.2) is 28.7 Å². The van der Waals surface area contributed by atoms with Gasteiger partial charge in [-0.3, -0.25) is 4.79 Å². The van der Waals surface area contributed by atoms with Gasteiger partial charge in [-0.2, -0.15) is 12.6 Å². The molecule has 0 saturated carbocycles. The van der Waals surface area contributed by atoms with E-state index in [0.717, 1.165) is 10.0 Å². The molecule has 0 heterocycles. The van der Waals surface area contributed by atoms with Crippen LogP contribution in [-0.2, 0) is 16.1 Å². The van der Waals surface area contributed by atoms with Crippen LogP contribution in [-0.4, -0.2) is 17.8 Å². The van der Waals surface area contributed by atoms with E-state index in [2.05, 4.69) is 28.6 Å². The SMILES string of the molecule is N[C@H](CS)C(=O)OCc1cccc(Br)c1. The number of carbonyl (C=O) groups excluding carboxylic acids is 1. The average Bonchev–Trinajstić information content (AvgIpc) is 2.25. The molecule has 15 heavy (non-hydrogen) atoms. The third kappa shape index (κ3) is 4.24. The van der Waals surface area contributed by atoms with Crippen LogP contribution in [0.2, 0.25) is 0 Å². The van der Waals surface area contributed by atoms with Gasteiger partial charge in [0.25, 0.3) is 0 Å². The molecule has 0 aromatic heterocycles. The molecule has 0 bridgehead atoms. The van der Waals surface area contributed by atoms with E-state index < -0.39 is 12.0 Å². The van der Waals surface area contributed by atoms with Crippen molar-refractivity contribution in [1.82, 2.24) is 0 Å². The van der Waals surface area contributed by atoms with Crippen LogP contribution >= 0.6 is 28.6 Å². The highest BCUT2D eigenvalue weighted by Crippen LogP contribution is 2.12. The maximum absolute atomic E-state index is 11.2. The zero-order valence-electron chi connectivity index (χ0n) is 8.02. The molecule has 0 saturated heterocycles. The molecule has 0 aliphatic heterocycles. The van der Waals surface area contributed by atoms with E-state index in [1.807, 2.05) is 24.3 Å². The van der Waals surface area contributed by atoms with Gasteiger partial charge in [-0.05, 0) is 17.7 Å². The summed E-state index contributed by atoms with van der Waals surface area (Å²) in [6, 6.07) is 6.90. The Morgan fingerprint density at radius 2 is 2.33 bits per heavy atom. The van der Waals surface area contributed by atoms with Gasteiger partial charge in [0.15, 0.2) is 0 Å². The summed E-state index contributed by atoms with van der Waals surface area (Å²) >= 11 is 7.25. The van der Waals surface area contributed by atoms with Crippen LogP contribution in [0.3, 0.4) is 0 Å². The molecule has 1 rings (SSSR count). The molecule has 1 aromatic rings. The Labute approximate surface area is 103 Å². The summed E-state index contributed by atoms with van der Waals surface area (Å²) in [6.45, 7) is 0.236. The Morgan fingerprint density at radius 3 is 2.93 bits per heavy atom. The minimum atomic E-state index is -0.652. The second-order valence-corrected chi connectivity index (χ2v) is 4.31. The zero-order valence-corrected chi connectivity index (χ0v) is 10.5. The molecular weight excluding hydrogens is 278 g/mol. The third-order valence-electron chi connectivity index (χ3n) is 1.77. The highest BCUT2D eigenvalue weighted by Gasteiger charge is 2.12. The second-order valence-electron chi connectivity index (χ2n) is 3.03. The van der Waals surface area contributed by atoms with E-state index in [-0.39, 0.29) is 12.4 Å². The lowest BCUT2D eigenvalue weighted by atomic mass is 10.2. The number of halogens is 1. The number of ether oxygens (including phenoxy) is 1. The molecule has 5 heteroatoms. The number of esters is 1. The summed E-state index contributed by atoms with van der Waals surface area (Å²) in [6.07, 6.45) is 0. The molecule has 1 atom stereocenters. The molecule has 2 N–H and O–H groups in total. The Morgan fingerprint density at radius 1 is 1.60 bits per heavy atom. The van der Waals surface area contributed by atoms with Crippen LogP contribution in [0, 0.1) is 0 Å². The lowest BCUT2D eigenvalue weighted by Crippen LogP contribution is -2.33. The molecule has 0 aliphatic carbocycles. The molecule has 82 valence electrons. The van der Waals surface area contributed by atoms with Gasteiger partial charge in [0.1, 0.15) is 12.6 Å². The third-order valence-corrected chi connectivity index (χ3v) is 2.66. The second kappa shape index (κ2) is 6.15. The van der Waals surface area contributed by atoms with Crippen molar-refractivity contribution in [3.8, 4) is 0 Å². The molecule has 1 aromatic carbocycles. The van der Waals surface area contributed by atoms with Crippen molar-refractivity contribution in [2.75, 3.05) is 5.75 Å². The number of hydrogen-bond acceptors (Lipinski definition) is 4. The van der Waals surface area contributed by atoms with Crippen molar-refractivity contribution in [3.05, 3.63) is 34.3 Å². The van der Waals surface area contributed by atoms with E-state index >= 15 is 0 Å². The molecular formula is C10H12BrNO2S. The number of nitrogens with two attached hydrogens (primary N) is 1. The van der Waals surface area contributed by atoms with Gasteiger partial charge in [0.2, 0.25) is 0 Å². The summed E-state index contributed by atoms with van der Waals surface area (Å²) in [7, 11) is 0. The molecule has 0 fully saturated rings. The van der Waals surface area contributed by atoms with Crippen molar-refractivity contribution in [2.24, 2.45) is 5.73 Å². The Balaban J connectivity index is 2.47. The predicted octanol–water partition coefficient (Wildman–Crippen LogP) is 1.75. The number of thiol groups is 1. The Kier molecular flexibility index (Phi) is 5.14. The lowest BCUT2D eigenvalue weighted by molar-refractivity contribution is -0.145. The predicted molar refractivity (Wildman–Crippen MR) is 65.8 cm³/mol. The zero-order chi connectivity index (χ0) is 11.3. The summed E-state index contributed by atoms with van der Waals surface area (Å²) in [5.74, 6) is -0.137. The standard InChI is InChI=1S/C10H12BrNO2S/c11-8-3-1-2-7(4-8)5-14-10(13)9(12)6-15/h1-4,9,15H,5-6,12H2/t9-/m1/s1. The Bertz CT molecular complexity index is 346. The van der Waals surface area contributed by atoms with Crippen LogP contribution in [0.5, 0.6) is 0 Å². The molecule has 0 amide bonds. The van der Waals surface area contributed by atoms with Gasteiger partial charge >= 0.3 is 5.97 Å². The molecule has 3 nitrogen and oxygen atoms in total. The monoisotopic (exact) mass is 289 g/mol. The Hall–Kier alpha value is -0.520. The lowest BCUT2D eigenvalue weighted by Gasteiger charge is -2.08. The number of carbonyl (C=O) groups is 1. The normalized spacial score (nSPS) is 12.2. The van der Waals surface area contributed by atoms with Crippen molar-refractivity contribution < 1.29 is 9.53 Å². The van der Waals surface area contributed by atoms with Crippen molar-refractivity contribution in [3.63, 3.8) is 0 Å². The van der Waals surface area contributed by atoms with Gasteiger partial charge in [-0.25, -0.2) is 0 Å². The average molecular weight is 290 g/mol. The fourth-order valence-electron chi connectivity index (χ4n) is 0.963. The van der Waals surface area contributed by atoms with Crippen LogP contribution in [0.4, 0.5) is 0 Å². The van der Waals surface area contributed by atoms with Crippen LogP contribution in [0.25, 0.3) is 0 Å². The highest BCUT2D eigenvalue weighted by molar-refractivity contribution is 9.10. The first-order valence-electron chi connectivity index (χ1n) is 4.41. The fraction of sp³-hybridized carbons (Fsp3) is 0.300. The molecule has 0 aliphatic rings. The summed E-state index contributed by atoms with van der Waals surface area (Å²) in [5.41, 5.74) is 6.37. The number of rotatable bonds is 4. The topological polar surface area (TPSA) is 52.3 Å². The van der Waals surface area contributed by atoms with Gasteiger partial charge in [-0.15, -0.1) is 0 Å². The number of hydrogen-bond donors (Lipinski definition) is 2. The fourth-order valence-corrected chi connectivity index (χ4v) is 1.56. The summed E-state index contributed by atoms with van der Waals surface area (Å²) < 4.78 is 5.96. The number of benzene rings is 1. The van der Waals surface area contributed by atoms with Crippen LogP contribution in [0.1, 0.15) is 5.56 Å². The minimum absolute atomic E-state index is 0.236. The first kappa shape index (κ1) is 12.5. The maximum atomic E-state index is 11.2. The summed E-state index contributed by atoms with van der Waals surface area (Å²) in [4.78, 5) is 11.2. The highest BCUT2D eigenvalue weighted by atomic mass is 79.9. The largest absolute Gasteiger partial charge is 0.460 e. The van der Waals surface area contributed by atoms with Crippen molar-refractivity contribution >= 4 is 34.5 Å². The quantitative estimate of drug-likeness (QED) is 0.656. The minimum Gasteiger partial charge on any atom is -0.460 e. The van der Waals surface area contributed by atoms with Crippen molar-refractivity contribution in [2.45, 2.75) is 12.6 Å². The van der Waals surface area contributed by atoms with Crippen molar-refractivity contribution in [1.29, 1.82) is 0 Å². The van der Waals surface area contributed by atoms with E-state index in [9.17, 15) is 4.79 Å².